The summed E-state index contributed by atoms with van der Waals surface area (Å²) in [6.07, 6.45) is 0.494. The minimum absolute atomic E-state index is 0.166. The monoisotopic (exact) mass is 292 g/mol. The third-order valence-electron chi connectivity index (χ3n) is 3.08. The Bertz CT molecular complexity index is 563. The molecule has 0 saturated carbocycles. The fourth-order valence-electron chi connectivity index (χ4n) is 1.98. The van der Waals surface area contributed by atoms with Gasteiger partial charge in [0.05, 0.1) is 12.6 Å². The molecule has 1 fully saturated rings. The van der Waals surface area contributed by atoms with Gasteiger partial charge in [-0.15, -0.1) is 0 Å². The number of sulfonamides is 1. The van der Waals surface area contributed by atoms with Crippen LogP contribution in [0.3, 0.4) is 0 Å². The lowest BCUT2D eigenvalue weighted by atomic mass is 10.3. The number of halogens is 2. The zero-order valence-electron chi connectivity index (χ0n) is 10.3. The van der Waals surface area contributed by atoms with Crippen LogP contribution in [-0.4, -0.2) is 39.0 Å². The van der Waals surface area contributed by atoms with Gasteiger partial charge in [0, 0.05) is 19.3 Å². The number of likely N-dealkylation sites (N-methyl/N-ethyl adjacent to an activating group) is 1. The van der Waals surface area contributed by atoms with E-state index in [0.29, 0.717) is 13.0 Å². The van der Waals surface area contributed by atoms with Gasteiger partial charge < -0.3 is 10.5 Å². The zero-order chi connectivity index (χ0) is 14.2. The molecule has 1 aliphatic rings. The molecule has 0 amide bonds. The lowest BCUT2D eigenvalue weighted by Gasteiger charge is -2.23. The zero-order valence-corrected chi connectivity index (χ0v) is 11.1. The summed E-state index contributed by atoms with van der Waals surface area (Å²) in [4.78, 5) is -0.976. The smallest absolute Gasteiger partial charge is 0.249 e. The number of hydrogen-bond acceptors (Lipinski definition) is 4. The molecule has 1 saturated heterocycles. The summed E-state index contributed by atoms with van der Waals surface area (Å²) in [5.74, 6) is -2.38. The molecule has 2 N–H and O–H groups in total. The van der Waals surface area contributed by atoms with Crippen molar-refractivity contribution in [1.29, 1.82) is 0 Å². The second-order valence-corrected chi connectivity index (χ2v) is 6.29. The van der Waals surface area contributed by atoms with Crippen molar-refractivity contribution in [1.82, 2.24) is 4.31 Å². The van der Waals surface area contributed by atoms with E-state index in [2.05, 4.69) is 0 Å². The van der Waals surface area contributed by atoms with Crippen LogP contribution in [0.1, 0.15) is 6.42 Å². The van der Waals surface area contributed by atoms with Crippen molar-refractivity contribution >= 4 is 15.7 Å². The highest BCUT2D eigenvalue weighted by atomic mass is 32.2. The SMILES string of the molecule is CN(C1CCOC1)S(=O)(=O)c1c(F)cc(N)cc1F. The van der Waals surface area contributed by atoms with Crippen molar-refractivity contribution in [3.05, 3.63) is 23.8 Å². The van der Waals surface area contributed by atoms with Gasteiger partial charge in [-0.3, -0.25) is 0 Å². The van der Waals surface area contributed by atoms with Crippen LogP contribution in [0.4, 0.5) is 14.5 Å². The van der Waals surface area contributed by atoms with E-state index in [0.717, 1.165) is 16.4 Å². The minimum Gasteiger partial charge on any atom is -0.399 e. The molecule has 0 bridgehead atoms. The van der Waals surface area contributed by atoms with Gasteiger partial charge in [0.15, 0.2) is 4.90 Å². The number of nitrogens with two attached hydrogens (primary N) is 1. The Morgan fingerprint density at radius 2 is 1.95 bits per heavy atom. The lowest BCUT2D eigenvalue weighted by Crippen LogP contribution is -2.38. The molecule has 0 spiro atoms. The van der Waals surface area contributed by atoms with Crippen molar-refractivity contribution in [2.24, 2.45) is 0 Å². The Morgan fingerprint density at radius 1 is 1.37 bits per heavy atom. The Morgan fingerprint density at radius 3 is 2.42 bits per heavy atom. The molecule has 19 heavy (non-hydrogen) atoms. The van der Waals surface area contributed by atoms with Gasteiger partial charge in [-0.2, -0.15) is 4.31 Å². The van der Waals surface area contributed by atoms with E-state index in [-0.39, 0.29) is 12.3 Å². The second kappa shape index (κ2) is 5.03. The van der Waals surface area contributed by atoms with E-state index in [4.69, 9.17) is 10.5 Å². The summed E-state index contributed by atoms with van der Waals surface area (Å²) in [6, 6.07) is 1.16. The highest BCUT2D eigenvalue weighted by Gasteiger charge is 2.34. The Labute approximate surface area is 110 Å². The highest BCUT2D eigenvalue weighted by Crippen LogP contribution is 2.27. The molecule has 0 aliphatic carbocycles. The van der Waals surface area contributed by atoms with Crippen LogP contribution < -0.4 is 5.73 Å². The van der Waals surface area contributed by atoms with E-state index in [1.807, 2.05) is 0 Å². The van der Waals surface area contributed by atoms with Crippen LogP contribution in [0.15, 0.2) is 17.0 Å². The van der Waals surface area contributed by atoms with Crippen LogP contribution in [0.25, 0.3) is 0 Å². The van der Waals surface area contributed by atoms with E-state index < -0.39 is 32.6 Å². The molecule has 106 valence electrons. The van der Waals surface area contributed by atoms with Gasteiger partial charge in [-0.05, 0) is 18.6 Å². The first-order valence-electron chi connectivity index (χ1n) is 5.64. The van der Waals surface area contributed by atoms with E-state index >= 15 is 0 Å². The third kappa shape index (κ3) is 2.56. The van der Waals surface area contributed by atoms with Gasteiger partial charge in [-0.1, -0.05) is 0 Å². The first-order valence-corrected chi connectivity index (χ1v) is 7.08. The molecule has 5 nitrogen and oxygen atoms in total. The Balaban J connectivity index is 2.44. The predicted molar refractivity (Wildman–Crippen MR) is 64.9 cm³/mol. The van der Waals surface area contributed by atoms with Crippen LogP contribution >= 0.6 is 0 Å². The van der Waals surface area contributed by atoms with Crippen LogP contribution in [0, 0.1) is 11.6 Å². The number of ether oxygens (including phenoxy) is 1. The molecule has 0 aromatic heterocycles. The standard InChI is InChI=1S/C11H14F2N2O3S/c1-15(8-2-3-18-6-8)19(16,17)11-9(12)4-7(14)5-10(11)13/h4-5,8H,2-3,6,14H2,1H3. The second-order valence-electron chi connectivity index (χ2n) is 4.35. The molecule has 1 unspecified atom stereocenters. The first kappa shape index (κ1) is 14.2. The molecule has 1 aromatic carbocycles. The van der Waals surface area contributed by atoms with Gasteiger partial charge in [0.2, 0.25) is 10.0 Å². The molecule has 0 radical (unpaired) electrons. The van der Waals surface area contributed by atoms with E-state index in [9.17, 15) is 17.2 Å². The maximum atomic E-state index is 13.7. The number of nitrogen functional groups attached to an aromatic ring is 1. The number of benzene rings is 1. The molecule has 1 heterocycles. The van der Waals surface area contributed by atoms with Crippen molar-refractivity contribution in [3.63, 3.8) is 0 Å². The fraction of sp³-hybridized carbons (Fsp3) is 0.455. The summed E-state index contributed by atoms with van der Waals surface area (Å²) < 4.78 is 57.9. The number of rotatable bonds is 3. The molecule has 1 atom stereocenters. The fourth-order valence-corrected chi connectivity index (χ4v) is 3.43. The quantitative estimate of drug-likeness (QED) is 0.842. The van der Waals surface area contributed by atoms with E-state index in [1.165, 1.54) is 7.05 Å². The molecular weight excluding hydrogens is 278 g/mol. The molecular formula is C11H14F2N2O3S. The average molecular weight is 292 g/mol. The maximum Gasteiger partial charge on any atom is 0.249 e. The summed E-state index contributed by atoms with van der Waals surface area (Å²) in [5, 5.41) is 0. The predicted octanol–water partition coefficient (Wildman–Crippen LogP) is 0.956. The van der Waals surface area contributed by atoms with Crippen molar-refractivity contribution in [2.75, 3.05) is 26.0 Å². The van der Waals surface area contributed by atoms with Crippen molar-refractivity contribution < 1.29 is 21.9 Å². The summed E-state index contributed by atoms with van der Waals surface area (Å²) >= 11 is 0. The largest absolute Gasteiger partial charge is 0.399 e. The Kier molecular flexibility index (Phi) is 3.75. The lowest BCUT2D eigenvalue weighted by molar-refractivity contribution is 0.180. The van der Waals surface area contributed by atoms with E-state index in [1.54, 1.807) is 0 Å². The molecule has 2 rings (SSSR count). The van der Waals surface area contributed by atoms with Crippen LogP contribution in [-0.2, 0) is 14.8 Å². The Hall–Kier alpha value is -1.25. The van der Waals surface area contributed by atoms with Crippen LogP contribution in [0.2, 0.25) is 0 Å². The van der Waals surface area contributed by atoms with Crippen LogP contribution in [0.5, 0.6) is 0 Å². The van der Waals surface area contributed by atoms with Crippen molar-refractivity contribution in [2.45, 2.75) is 17.4 Å². The highest BCUT2D eigenvalue weighted by molar-refractivity contribution is 7.89. The number of anilines is 1. The number of hydrogen-bond donors (Lipinski definition) is 1. The van der Waals surface area contributed by atoms with Gasteiger partial charge in [0.1, 0.15) is 11.6 Å². The molecule has 8 heteroatoms. The van der Waals surface area contributed by atoms with Gasteiger partial charge in [-0.25, -0.2) is 17.2 Å². The first-order chi connectivity index (χ1) is 8.84. The maximum absolute atomic E-state index is 13.7. The summed E-state index contributed by atoms with van der Waals surface area (Å²) in [7, 11) is -2.97. The van der Waals surface area contributed by atoms with Gasteiger partial charge >= 0.3 is 0 Å². The third-order valence-corrected chi connectivity index (χ3v) is 5.04. The summed E-state index contributed by atoms with van der Waals surface area (Å²) in [6.45, 7) is 0.644. The van der Waals surface area contributed by atoms with Gasteiger partial charge in [0.25, 0.3) is 0 Å². The number of nitrogens with zero attached hydrogens (tertiary/aromatic N) is 1. The average Bonchev–Trinajstić information content (AvgIpc) is 2.78. The topological polar surface area (TPSA) is 72.6 Å². The normalized spacial score (nSPS) is 20.1. The molecule has 1 aromatic rings. The van der Waals surface area contributed by atoms with Crippen molar-refractivity contribution in [3.8, 4) is 0 Å². The summed E-state index contributed by atoms with van der Waals surface area (Å²) in [5.41, 5.74) is 5.10. The molecule has 1 aliphatic heterocycles. The minimum atomic E-state index is -4.25.